The number of ether oxygens (including phenoxy) is 1. The fourth-order valence-electron chi connectivity index (χ4n) is 3.71. The maximum Gasteiger partial charge on any atom is 0.238 e. The van der Waals surface area contributed by atoms with Gasteiger partial charge in [-0.05, 0) is 33.1 Å². The molecule has 0 aromatic carbocycles. The lowest BCUT2D eigenvalue weighted by atomic mass is 9.93. The highest BCUT2D eigenvalue weighted by molar-refractivity contribution is 7.99. The van der Waals surface area contributed by atoms with Crippen LogP contribution in [-0.4, -0.2) is 93.3 Å². The number of nitrogens with one attached hydrogen (secondary N) is 1. The summed E-state index contributed by atoms with van der Waals surface area (Å²) in [6, 6.07) is -1.02. The highest BCUT2D eigenvalue weighted by Gasteiger charge is 2.48. The average Bonchev–Trinajstić information content (AvgIpc) is 2.99. The molecule has 156 valence electrons. The molecule has 2 fully saturated rings. The van der Waals surface area contributed by atoms with Crippen molar-refractivity contribution in [2.45, 2.75) is 74.0 Å². The smallest absolute Gasteiger partial charge is 0.238 e. The van der Waals surface area contributed by atoms with Gasteiger partial charge in [0.25, 0.3) is 0 Å². The minimum atomic E-state index is -1.37. The number of aliphatic hydroxyl groups is 3. The molecule has 0 saturated carbocycles. The second-order valence-electron chi connectivity index (χ2n) is 7.29. The average molecular weight is 423 g/mol. The van der Waals surface area contributed by atoms with Crippen LogP contribution < -0.4 is 5.32 Å². The molecule has 0 aliphatic carbocycles. The van der Waals surface area contributed by atoms with E-state index in [1.807, 2.05) is 11.9 Å². The van der Waals surface area contributed by atoms with Gasteiger partial charge in [0.05, 0.1) is 17.5 Å². The second kappa shape index (κ2) is 9.91. The van der Waals surface area contributed by atoms with Gasteiger partial charge in [-0.2, -0.15) is 0 Å². The molecule has 0 aromatic rings. The van der Waals surface area contributed by atoms with Gasteiger partial charge >= 0.3 is 0 Å². The van der Waals surface area contributed by atoms with Crippen molar-refractivity contribution in [1.82, 2.24) is 10.2 Å². The number of halogens is 1. The minimum absolute atomic E-state index is 0.188. The predicted molar refractivity (Wildman–Crippen MR) is 107 cm³/mol. The molecule has 9 heteroatoms. The van der Waals surface area contributed by atoms with Crippen LogP contribution in [0.2, 0.25) is 0 Å². The molecule has 2 aliphatic heterocycles. The Morgan fingerprint density at radius 3 is 2.63 bits per heavy atom. The van der Waals surface area contributed by atoms with Gasteiger partial charge in [-0.25, -0.2) is 0 Å². The van der Waals surface area contributed by atoms with E-state index >= 15 is 0 Å². The van der Waals surface area contributed by atoms with Gasteiger partial charge in [0.1, 0.15) is 29.9 Å². The summed E-state index contributed by atoms with van der Waals surface area (Å²) >= 11 is 7.53. The largest absolute Gasteiger partial charge is 0.388 e. The van der Waals surface area contributed by atoms with E-state index in [-0.39, 0.29) is 11.9 Å². The number of aliphatic hydroxyl groups excluding tert-OH is 3. The maximum absolute atomic E-state index is 12.9. The first-order valence-electron chi connectivity index (χ1n) is 9.26. The van der Waals surface area contributed by atoms with Crippen LogP contribution in [0.1, 0.15) is 26.7 Å². The van der Waals surface area contributed by atoms with E-state index in [9.17, 15) is 20.1 Å². The summed E-state index contributed by atoms with van der Waals surface area (Å²) in [5, 5.41) is 33.0. The molecular formula is C18H31ClN2O5S. The van der Waals surface area contributed by atoms with Crippen LogP contribution in [0.25, 0.3) is 0 Å². The van der Waals surface area contributed by atoms with Crippen LogP contribution >= 0.6 is 23.4 Å². The number of alkyl halides is 1. The van der Waals surface area contributed by atoms with Crippen LogP contribution in [0.15, 0.2) is 11.6 Å². The Morgan fingerprint density at radius 2 is 2.07 bits per heavy atom. The predicted octanol–water partition coefficient (Wildman–Crippen LogP) is 0.310. The monoisotopic (exact) mass is 422 g/mol. The van der Waals surface area contributed by atoms with Crippen LogP contribution in [-0.2, 0) is 9.53 Å². The molecule has 0 spiro atoms. The molecule has 2 saturated heterocycles. The first-order valence-corrected chi connectivity index (χ1v) is 11.0. The Labute approximate surface area is 170 Å². The van der Waals surface area contributed by atoms with E-state index in [0.717, 1.165) is 13.0 Å². The third kappa shape index (κ3) is 5.18. The number of rotatable bonds is 6. The molecule has 7 nitrogen and oxygen atoms in total. The molecule has 8 atom stereocenters. The molecule has 1 amide bonds. The summed E-state index contributed by atoms with van der Waals surface area (Å²) in [6.07, 6.45) is 0.601. The molecule has 2 heterocycles. The molecule has 2 rings (SSSR count). The lowest BCUT2D eigenvalue weighted by Crippen LogP contribution is -2.65. The van der Waals surface area contributed by atoms with Crippen molar-refractivity contribution in [1.29, 1.82) is 0 Å². The van der Waals surface area contributed by atoms with Crippen molar-refractivity contribution in [2.75, 3.05) is 19.8 Å². The molecule has 27 heavy (non-hydrogen) atoms. The zero-order valence-corrected chi connectivity index (χ0v) is 17.8. The molecule has 0 radical (unpaired) electrons. The van der Waals surface area contributed by atoms with Crippen molar-refractivity contribution in [3.63, 3.8) is 0 Å². The number of amides is 1. The number of allylic oxidation sites excluding steroid dienone is 1. The van der Waals surface area contributed by atoms with E-state index < -0.39 is 41.3 Å². The van der Waals surface area contributed by atoms with Crippen molar-refractivity contribution in [2.24, 2.45) is 0 Å². The van der Waals surface area contributed by atoms with Crippen LogP contribution in [0.5, 0.6) is 0 Å². The van der Waals surface area contributed by atoms with Gasteiger partial charge in [-0.15, -0.1) is 23.4 Å². The van der Waals surface area contributed by atoms with Crippen molar-refractivity contribution < 1.29 is 24.9 Å². The van der Waals surface area contributed by atoms with Crippen LogP contribution in [0, 0.1) is 0 Å². The number of likely N-dealkylation sites (tertiary alicyclic amines) is 1. The second-order valence-corrected chi connectivity index (χ2v) is 8.92. The first-order chi connectivity index (χ1) is 12.7. The zero-order valence-electron chi connectivity index (χ0n) is 16.2. The van der Waals surface area contributed by atoms with Crippen LogP contribution in [0.3, 0.4) is 0 Å². The lowest BCUT2D eigenvalue weighted by molar-refractivity contribution is -0.205. The van der Waals surface area contributed by atoms with Gasteiger partial charge in [-0.3, -0.25) is 9.69 Å². The van der Waals surface area contributed by atoms with Gasteiger partial charge in [0, 0.05) is 6.54 Å². The van der Waals surface area contributed by atoms with Crippen molar-refractivity contribution in [3.05, 3.63) is 11.6 Å². The third-order valence-electron chi connectivity index (χ3n) is 5.23. The van der Waals surface area contributed by atoms with Gasteiger partial charge < -0.3 is 25.4 Å². The summed E-state index contributed by atoms with van der Waals surface area (Å²) in [4.78, 5) is 14.9. The SMILES string of the molecule is CCC=C1C[C@@H](C(=O)N[C@@H](C2O[C@H](SC)C(O)[C@H](O)[C@H]2O)[C@H](C)Cl)N(C)C1. The summed E-state index contributed by atoms with van der Waals surface area (Å²) < 4.78 is 5.78. The third-order valence-corrected chi connectivity index (χ3v) is 6.36. The standard InChI is InChI=1S/C18H31ClN2O5S/c1-5-6-10-7-11(21(3)8-10)17(25)20-12(9(2)19)16-14(23)13(22)15(24)18(26-16)27-4/h6,9,11-16,18,22-24H,5,7-8H2,1-4H3,(H,20,25)/t9-,11-,12+,13+,14+,15?,16?,18+/m0/s1. The minimum Gasteiger partial charge on any atom is -0.388 e. The number of hydrogen-bond donors (Lipinski definition) is 4. The maximum atomic E-state index is 12.9. The molecular weight excluding hydrogens is 392 g/mol. The topological polar surface area (TPSA) is 102 Å². The van der Waals surface area contributed by atoms with Gasteiger partial charge in [0.15, 0.2) is 0 Å². The lowest BCUT2D eigenvalue weighted by Gasteiger charge is -2.44. The number of carbonyl (C=O) groups excluding carboxylic acids is 1. The van der Waals surface area contributed by atoms with Gasteiger partial charge in [-0.1, -0.05) is 18.6 Å². The number of carbonyl (C=O) groups is 1. The summed E-state index contributed by atoms with van der Waals surface area (Å²) in [5.41, 5.74) is 0.516. The summed E-state index contributed by atoms with van der Waals surface area (Å²) in [5.74, 6) is -0.188. The molecule has 4 N–H and O–H groups in total. The Bertz CT molecular complexity index is 548. The number of likely N-dealkylation sites (N-methyl/N-ethyl adjacent to an activating group) is 1. The van der Waals surface area contributed by atoms with E-state index in [0.29, 0.717) is 6.42 Å². The Balaban J connectivity index is 2.13. The molecule has 0 aromatic heterocycles. The fourth-order valence-corrected chi connectivity index (χ4v) is 4.60. The Morgan fingerprint density at radius 1 is 1.41 bits per heavy atom. The Kier molecular flexibility index (Phi) is 8.42. The van der Waals surface area contributed by atoms with Gasteiger partial charge in [0.2, 0.25) is 5.91 Å². The molecule has 0 bridgehead atoms. The highest BCUT2D eigenvalue weighted by Crippen LogP contribution is 2.30. The van der Waals surface area contributed by atoms with E-state index in [2.05, 4.69) is 18.3 Å². The zero-order chi connectivity index (χ0) is 20.3. The number of thioether (sulfide) groups is 1. The summed E-state index contributed by atoms with van der Waals surface area (Å²) in [7, 11) is 1.90. The van der Waals surface area contributed by atoms with E-state index in [4.69, 9.17) is 16.3 Å². The van der Waals surface area contributed by atoms with Crippen molar-refractivity contribution >= 4 is 29.3 Å². The van der Waals surface area contributed by atoms with E-state index in [1.165, 1.54) is 17.3 Å². The van der Waals surface area contributed by atoms with Crippen molar-refractivity contribution in [3.8, 4) is 0 Å². The normalized spacial score (nSPS) is 38.7. The van der Waals surface area contributed by atoms with E-state index in [1.54, 1.807) is 13.2 Å². The fraction of sp³-hybridized carbons (Fsp3) is 0.833. The van der Waals surface area contributed by atoms with Crippen LogP contribution in [0.4, 0.5) is 0 Å². The molecule has 2 unspecified atom stereocenters. The Hall–Kier alpha value is -0.350. The first kappa shape index (κ1) is 22.9. The number of nitrogens with zero attached hydrogens (tertiary/aromatic N) is 1. The molecule has 2 aliphatic rings. The quantitative estimate of drug-likeness (QED) is 0.361. The highest BCUT2D eigenvalue weighted by atomic mass is 35.5. The number of hydrogen-bond acceptors (Lipinski definition) is 7. The summed E-state index contributed by atoms with van der Waals surface area (Å²) in [6.45, 7) is 4.51.